The number of hydrogen-bond acceptors (Lipinski definition) is 4. The van der Waals surface area contributed by atoms with E-state index in [4.69, 9.17) is 29.6 Å². The van der Waals surface area contributed by atoms with Gasteiger partial charge in [-0.15, -0.1) is 11.3 Å². The van der Waals surface area contributed by atoms with Crippen molar-refractivity contribution in [3.8, 4) is 0 Å². The van der Waals surface area contributed by atoms with Crippen LogP contribution in [0.4, 0.5) is 5.82 Å². The molecule has 0 aromatic carbocycles. The Bertz CT molecular complexity index is 539. The zero-order chi connectivity index (χ0) is 12.3. The molecule has 2 rings (SSSR count). The number of hydrogen-bond donors (Lipinski definition) is 2. The zero-order valence-electron chi connectivity index (χ0n) is 8.81. The molecule has 3 nitrogen and oxygen atoms in total. The van der Waals surface area contributed by atoms with Crippen LogP contribution in [0, 0.1) is 0 Å². The number of nitrogens with two attached hydrogens (primary N) is 1. The first-order valence-corrected chi connectivity index (χ1v) is 6.50. The first kappa shape index (κ1) is 12.3. The van der Waals surface area contributed by atoms with Gasteiger partial charge in [-0.2, -0.15) is 0 Å². The second kappa shape index (κ2) is 5.44. The lowest BCUT2D eigenvalue weighted by Gasteiger charge is -2.05. The molecule has 0 aliphatic heterocycles. The lowest BCUT2D eigenvalue weighted by atomic mass is 10.3. The van der Waals surface area contributed by atoms with E-state index >= 15 is 0 Å². The molecule has 0 bridgehead atoms. The SMILES string of the molecule is NC(=S)c1cccc(NCc2ccc(Cl)s2)n1. The molecule has 0 radical (unpaired) electrons. The molecule has 0 unspecified atom stereocenters. The number of nitrogens with zero attached hydrogens (tertiary/aromatic N) is 1. The Kier molecular flexibility index (Phi) is 3.93. The molecule has 0 fully saturated rings. The van der Waals surface area contributed by atoms with Crippen LogP contribution >= 0.6 is 35.2 Å². The Morgan fingerprint density at radius 1 is 1.41 bits per heavy atom. The molecule has 2 heterocycles. The maximum atomic E-state index is 5.85. The first-order valence-electron chi connectivity index (χ1n) is 4.90. The number of halogens is 1. The Balaban J connectivity index is 2.04. The highest BCUT2D eigenvalue weighted by Gasteiger charge is 2.01. The number of thiophene rings is 1. The van der Waals surface area contributed by atoms with E-state index in [2.05, 4.69) is 10.3 Å². The number of anilines is 1. The van der Waals surface area contributed by atoms with Gasteiger partial charge in [0.05, 0.1) is 16.6 Å². The van der Waals surface area contributed by atoms with Crippen LogP contribution < -0.4 is 11.1 Å². The predicted molar refractivity (Wildman–Crippen MR) is 76.8 cm³/mol. The Labute approximate surface area is 114 Å². The molecule has 0 aliphatic rings. The molecule has 0 saturated carbocycles. The van der Waals surface area contributed by atoms with Gasteiger partial charge in [-0.25, -0.2) is 4.98 Å². The second-order valence-electron chi connectivity index (χ2n) is 3.33. The first-order chi connectivity index (χ1) is 8.15. The topological polar surface area (TPSA) is 50.9 Å². The predicted octanol–water partition coefficient (Wildman–Crippen LogP) is 3.04. The van der Waals surface area contributed by atoms with Crippen LogP contribution in [-0.2, 0) is 6.54 Å². The van der Waals surface area contributed by atoms with Crippen molar-refractivity contribution in [1.82, 2.24) is 4.98 Å². The van der Waals surface area contributed by atoms with Gasteiger partial charge in [-0.05, 0) is 24.3 Å². The summed E-state index contributed by atoms with van der Waals surface area (Å²) in [7, 11) is 0. The van der Waals surface area contributed by atoms with Gasteiger partial charge in [0, 0.05) is 4.88 Å². The molecule has 6 heteroatoms. The quantitative estimate of drug-likeness (QED) is 0.847. The van der Waals surface area contributed by atoms with Crippen molar-refractivity contribution in [2.45, 2.75) is 6.54 Å². The number of aromatic nitrogens is 1. The molecular formula is C11H10ClN3S2. The van der Waals surface area contributed by atoms with Crippen molar-refractivity contribution < 1.29 is 0 Å². The average Bonchev–Trinajstić information content (AvgIpc) is 2.73. The Hall–Kier alpha value is -1.17. The Morgan fingerprint density at radius 2 is 2.24 bits per heavy atom. The molecule has 2 aromatic rings. The summed E-state index contributed by atoms with van der Waals surface area (Å²) in [6, 6.07) is 9.39. The van der Waals surface area contributed by atoms with Crippen LogP contribution in [0.5, 0.6) is 0 Å². The molecule has 0 atom stereocenters. The average molecular weight is 284 g/mol. The summed E-state index contributed by atoms with van der Waals surface area (Å²) < 4.78 is 0.784. The van der Waals surface area contributed by atoms with Gasteiger partial charge in [0.2, 0.25) is 0 Å². The highest BCUT2D eigenvalue weighted by Crippen LogP contribution is 2.22. The van der Waals surface area contributed by atoms with Gasteiger partial charge >= 0.3 is 0 Å². The number of nitrogens with one attached hydrogen (secondary N) is 1. The van der Waals surface area contributed by atoms with Crippen LogP contribution in [0.3, 0.4) is 0 Å². The van der Waals surface area contributed by atoms with Crippen LogP contribution in [0.1, 0.15) is 10.6 Å². The molecule has 88 valence electrons. The van der Waals surface area contributed by atoms with Crippen molar-refractivity contribution in [3.63, 3.8) is 0 Å². The smallest absolute Gasteiger partial charge is 0.127 e. The van der Waals surface area contributed by atoms with E-state index in [0.717, 1.165) is 15.0 Å². The Morgan fingerprint density at radius 3 is 2.88 bits per heavy atom. The van der Waals surface area contributed by atoms with Gasteiger partial charge in [0.25, 0.3) is 0 Å². The van der Waals surface area contributed by atoms with Crippen LogP contribution in [0.2, 0.25) is 4.34 Å². The van der Waals surface area contributed by atoms with Crippen molar-refractivity contribution >= 4 is 46.0 Å². The minimum absolute atomic E-state index is 0.299. The number of rotatable bonds is 4. The summed E-state index contributed by atoms with van der Waals surface area (Å²) in [5.41, 5.74) is 6.14. The number of pyridine rings is 1. The van der Waals surface area contributed by atoms with E-state index < -0.39 is 0 Å². The van der Waals surface area contributed by atoms with E-state index in [1.54, 1.807) is 17.4 Å². The summed E-state index contributed by atoms with van der Waals surface area (Å²) in [5.74, 6) is 0.750. The van der Waals surface area contributed by atoms with Gasteiger partial charge in [0.1, 0.15) is 10.8 Å². The van der Waals surface area contributed by atoms with Crippen LogP contribution in [-0.4, -0.2) is 9.97 Å². The molecule has 0 amide bonds. The lowest BCUT2D eigenvalue weighted by molar-refractivity contribution is 1.13. The molecular weight excluding hydrogens is 274 g/mol. The van der Waals surface area contributed by atoms with Crippen LogP contribution in [0.25, 0.3) is 0 Å². The minimum Gasteiger partial charge on any atom is -0.388 e. The van der Waals surface area contributed by atoms with Gasteiger partial charge < -0.3 is 11.1 Å². The van der Waals surface area contributed by atoms with Gasteiger partial charge in [0.15, 0.2) is 0 Å². The molecule has 0 spiro atoms. The van der Waals surface area contributed by atoms with Gasteiger partial charge in [-0.3, -0.25) is 0 Å². The summed E-state index contributed by atoms with van der Waals surface area (Å²) >= 11 is 12.3. The largest absolute Gasteiger partial charge is 0.388 e. The lowest BCUT2D eigenvalue weighted by Crippen LogP contribution is -2.12. The third-order valence-electron chi connectivity index (χ3n) is 2.07. The molecule has 3 N–H and O–H groups in total. The summed E-state index contributed by atoms with van der Waals surface area (Å²) in [5, 5.41) is 3.20. The van der Waals surface area contributed by atoms with Crippen LogP contribution in [0.15, 0.2) is 30.3 Å². The van der Waals surface area contributed by atoms with Crippen molar-refractivity contribution in [2.24, 2.45) is 5.73 Å². The third-order valence-corrected chi connectivity index (χ3v) is 3.51. The fraction of sp³-hybridized carbons (Fsp3) is 0.0909. The minimum atomic E-state index is 0.299. The fourth-order valence-corrected chi connectivity index (χ4v) is 2.44. The van der Waals surface area contributed by atoms with Crippen molar-refractivity contribution in [3.05, 3.63) is 45.2 Å². The summed E-state index contributed by atoms with van der Waals surface area (Å²) in [4.78, 5) is 5.74. The highest BCUT2D eigenvalue weighted by molar-refractivity contribution is 7.80. The monoisotopic (exact) mass is 283 g/mol. The van der Waals surface area contributed by atoms with E-state index in [1.165, 1.54) is 0 Å². The molecule has 0 aliphatic carbocycles. The van der Waals surface area contributed by atoms with E-state index in [9.17, 15) is 0 Å². The van der Waals surface area contributed by atoms with Crippen molar-refractivity contribution in [1.29, 1.82) is 0 Å². The van der Waals surface area contributed by atoms with E-state index in [-0.39, 0.29) is 0 Å². The summed E-state index contributed by atoms with van der Waals surface area (Å²) in [6.07, 6.45) is 0. The molecule has 0 saturated heterocycles. The maximum absolute atomic E-state index is 5.85. The third kappa shape index (κ3) is 3.39. The zero-order valence-corrected chi connectivity index (χ0v) is 11.2. The second-order valence-corrected chi connectivity index (χ2v) is 5.57. The standard InChI is InChI=1S/C11H10ClN3S2/c12-9-5-4-7(17-9)6-14-10-3-1-2-8(15-10)11(13)16/h1-5H,6H2,(H2,13,16)(H,14,15). The normalized spacial score (nSPS) is 10.2. The number of thiocarbonyl (C=S) groups is 1. The van der Waals surface area contributed by atoms with Gasteiger partial charge in [-0.1, -0.05) is 29.9 Å². The van der Waals surface area contributed by atoms with Crippen molar-refractivity contribution in [2.75, 3.05) is 5.32 Å². The van der Waals surface area contributed by atoms with E-state index in [1.807, 2.05) is 24.3 Å². The summed E-state index contributed by atoms with van der Waals surface area (Å²) in [6.45, 7) is 0.686. The maximum Gasteiger partial charge on any atom is 0.127 e. The fourth-order valence-electron chi connectivity index (χ4n) is 1.29. The molecule has 17 heavy (non-hydrogen) atoms. The highest BCUT2D eigenvalue weighted by atomic mass is 35.5. The van der Waals surface area contributed by atoms with E-state index in [0.29, 0.717) is 17.2 Å². The molecule has 2 aromatic heterocycles.